The molecule has 66 valence electrons. The Morgan fingerprint density at radius 2 is 2.38 bits per heavy atom. The van der Waals surface area contributed by atoms with Crippen LogP contribution in [-0.4, -0.2) is 12.9 Å². The van der Waals surface area contributed by atoms with Crippen molar-refractivity contribution in [2.24, 2.45) is 0 Å². The third kappa shape index (κ3) is 2.20. The largest absolute Gasteiger partial charge is 0.478 e. The molecule has 0 aliphatic carbocycles. The summed E-state index contributed by atoms with van der Waals surface area (Å²) in [6.07, 6.45) is 0.606. The van der Waals surface area contributed by atoms with E-state index < -0.39 is 0 Å². The van der Waals surface area contributed by atoms with Gasteiger partial charge in [-0.1, -0.05) is 17.7 Å². The molecule has 0 saturated carbocycles. The third-order valence-electron chi connectivity index (χ3n) is 1.42. The van der Waals surface area contributed by atoms with Crippen LogP contribution in [0.5, 0.6) is 5.75 Å². The van der Waals surface area contributed by atoms with Gasteiger partial charge >= 0.3 is 0 Å². The molecule has 0 N–H and O–H groups in total. The molecule has 13 heavy (non-hydrogen) atoms. The number of nitrogens with zero attached hydrogens (tertiary/aromatic N) is 1. The van der Waals surface area contributed by atoms with E-state index in [1.165, 1.54) is 0 Å². The van der Waals surface area contributed by atoms with Crippen LogP contribution >= 0.6 is 11.6 Å². The summed E-state index contributed by atoms with van der Waals surface area (Å²) in [5.41, 5.74) is 0.277. The summed E-state index contributed by atoms with van der Waals surface area (Å²) < 4.78 is 4.98. The van der Waals surface area contributed by atoms with E-state index in [0.717, 1.165) is 0 Å². The smallest absolute Gasteiger partial charge is 0.174 e. The first-order valence-electron chi connectivity index (χ1n) is 3.53. The van der Waals surface area contributed by atoms with E-state index in [9.17, 15) is 4.79 Å². The molecular weight excluding hydrogens is 190 g/mol. The number of halogens is 1. The van der Waals surface area contributed by atoms with Crippen molar-refractivity contribution in [3.8, 4) is 11.8 Å². The number of carbonyl (C=O) groups is 1. The number of hydrogen-bond donors (Lipinski definition) is 0. The van der Waals surface area contributed by atoms with Crippen LogP contribution in [0, 0.1) is 11.3 Å². The van der Waals surface area contributed by atoms with Crippen molar-refractivity contribution in [1.82, 2.24) is 0 Å². The highest BCUT2D eigenvalue weighted by molar-refractivity contribution is 6.33. The monoisotopic (exact) mass is 195 g/mol. The molecule has 1 aromatic carbocycles. The van der Waals surface area contributed by atoms with Crippen molar-refractivity contribution in [2.45, 2.75) is 0 Å². The van der Waals surface area contributed by atoms with E-state index in [1.807, 2.05) is 0 Å². The Hall–Kier alpha value is -1.53. The number of nitriles is 1. The minimum absolute atomic E-state index is 0.0960. The number of rotatable bonds is 3. The fourth-order valence-corrected chi connectivity index (χ4v) is 1.08. The molecule has 0 bridgehead atoms. The average Bonchev–Trinajstić information content (AvgIpc) is 2.15. The van der Waals surface area contributed by atoms with Crippen molar-refractivity contribution in [1.29, 1.82) is 5.26 Å². The van der Waals surface area contributed by atoms with Crippen LogP contribution in [0.25, 0.3) is 0 Å². The van der Waals surface area contributed by atoms with Gasteiger partial charge in [0.1, 0.15) is 11.8 Å². The first kappa shape index (κ1) is 9.56. The van der Waals surface area contributed by atoms with E-state index in [4.69, 9.17) is 21.6 Å². The Morgan fingerprint density at radius 3 is 3.00 bits per heavy atom. The van der Waals surface area contributed by atoms with Gasteiger partial charge in [0.05, 0.1) is 10.6 Å². The Kier molecular flexibility index (Phi) is 3.30. The normalized spacial score (nSPS) is 8.92. The molecule has 0 fully saturated rings. The van der Waals surface area contributed by atoms with Crippen LogP contribution in [-0.2, 0) is 0 Å². The van der Waals surface area contributed by atoms with Crippen molar-refractivity contribution >= 4 is 17.9 Å². The first-order valence-corrected chi connectivity index (χ1v) is 3.91. The zero-order valence-corrected chi connectivity index (χ0v) is 7.41. The van der Waals surface area contributed by atoms with Gasteiger partial charge in [-0.3, -0.25) is 4.79 Å². The standard InChI is InChI=1S/C9H6ClNO2/c10-8-2-1-3-9(7(8)6-12)13-5-4-11/h1-3,6H,5H2. The lowest BCUT2D eigenvalue weighted by Gasteiger charge is -2.04. The molecule has 0 saturated heterocycles. The predicted molar refractivity (Wildman–Crippen MR) is 47.9 cm³/mol. The van der Waals surface area contributed by atoms with Crippen LogP contribution in [0.15, 0.2) is 18.2 Å². The highest BCUT2D eigenvalue weighted by Crippen LogP contribution is 2.24. The van der Waals surface area contributed by atoms with Gasteiger partial charge in [-0.2, -0.15) is 5.26 Å². The molecule has 4 heteroatoms. The number of aldehydes is 1. The second kappa shape index (κ2) is 4.48. The quantitative estimate of drug-likeness (QED) is 0.694. The molecule has 1 aromatic rings. The molecule has 0 spiro atoms. The summed E-state index contributed by atoms with van der Waals surface area (Å²) in [6, 6.07) is 6.64. The Bertz CT molecular complexity index is 357. The molecule has 3 nitrogen and oxygen atoms in total. The molecule has 0 aliphatic rings. The Labute approximate surface area is 80.5 Å². The van der Waals surface area contributed by atoms with Crippen LogP contribution in [0.2, 0.25) is 5.02 Å². The zero-order valence-electron chi connectivity index (χ0n) is 6.66. The predicted octanol–water partition coefficient (Wildman–Crippen LogP) is 2.05. The molecular formula is C9H6ClNO2. The summed E-state index contributed by atoms with van der Waals surface area (Å²) in [5, 5.41) is 8.59. The lowest BCUT2D eigenvalue weighted by atomic mass is 10.2. The van der Waals surface area contributed by atoms with Gasteiger partial charge < -0.3 is 4.74 Å². The van der Waals surface area contributed by atoms with Crippen LogP contribution < -0.4 is 4.74 Å². The van der Waals surface area contributed by atoms with Crippen LogP contribution in [0.4, 0.5) is 0 Å². The van der Waals surface area contributed by atoms with E-state index in [-0.39, 0.29) is 12.2 Å². The van der Waals surface area contributed by atoms with Crippen molar-refractivity contribution < 1.29 is 9.53 Å². The summed E-state index contributed by atoms with van der Waals surface area (Å²) >= 11 is 5.71. The van der Waals surface area contributed by atoms with Gasteiger partial charge in [-0.05, 0) is 12.1 Å². The maximum atomic E-state index is 10.6. The summed E-state index contributed by atoms with van der Waals surface area (Å²) in [4.78, 5) is 10.6. The Morgan fingerprint density at radius 1 is 1.62 bits per heavy atom. The maximum absolute atomic E-state index is 10.6. The number of hydrogen-bond acceptors (Lipinski definition) is 3. The number of carbonyl (C=O) groups excluding carboxylic acids is 1. The van der Waals surface area contributed by atoms with Crippen LogP contribution in [0.1, 0.15) is 10.4 Å². The highest BCUT2D eigenvalue weighted by Gasteiger charge is 2.05. The van der Waals surface area contributed by atoms with Gasteiger partial charge in [0.25, 0.3) is 0 Å². The van der Waals surface area contributed by atoms with Crippen molar-refractivity contribution in [2.75, 3.05) is 6.61 Å². The van der Waals surface area contributed by atoms with Gasteiger partial charge in [0, 0.05) is 0 Å². The molecule has 0 unspecified atom stereocenters. The lowest BCUT2D eigenvalue weighted by molar-refractivity contribution is 0.112. The van der Waals surface area contributed by atoms with E-state index in [0.29, 0.717) is 17.1 Å². The fraction of sp³-hybridized carbons (Fsp3) is 0.111. The average molecular weight is 196 g/mol. The minimum atomic E-state index is -0.0960. The fourth-order valence-electron chi connectivity index (χ4n) is 0.868. The van der Waals surface area contributed by atoms with Gasteiger partial charge in [0.2, 0.25) is 0 Å². The zero-order chi connectivity index (χ0) is 9.68. The second-order valence-electron chi connectivity index (χ2n) is 2.22. The van der Waals surface area contributed by atoms with Gasteiger partial charge in [0.15, 0.2) is 12.9 Å². The van der Waals surface area contributed by atoms with Crippen molar-refractivity contribution in [3.05, 3.63) is 28.8 Å². The topological polar surface area (TPSA) is 50.1 Å². The van der Waals surface area contributed by atoms with E-state index >= 15 is 0 Å². The maximum Gasteiger partial charge on any atom is 0.174 e. The molecule has 0 amide bonds. The van der Waals surface area contributed by atoms with E-state index in [1.54, 1.807) is 24.3 Å². The lowest BCUT2D eigenvalue weighted by Crippen LogP contribution is -1.97. The highest BCUT2D eigenvalue weighted by atomic mass is 35.5. The second-order valence-corrected chi connectivity index (χ2v) is 2.62. The first-order chi connectivity index (χ1) is 6.29. The molecule has 0 atom stereocenters. The molecule has 0 radical (unpaired) electrons. The Balaban J connectivity index is 2.99. The summed E-state index contributed by atoms with van der Waals surface area (Å²) in [7, 11) is 0. The van der Waals surface area contributed by atoms with Gasteiger partial charge in [-0.25, -0.2) is 0 Å². The van der Waals surface area contributed by atoms with E-state index in [2.05, 4.69) is 0 Å². The molecule has 1 rings (SSSR count). The van der Waals surface area contributed by atoms with Crippen molar-refractivity contribution in [3.63, 3.8) is 0 Å². The molecule has 0 aliphatic heterocycles. The third-order valence-corrected chi connectivity index (χ3v) is 1.75. The molecule has 0 aromatic heterocycles. The molecule has 0 heterocycles. The number of benzene rings is 1. The van der Waals surface area contributed by atoms with Crippen LogP contribution in [0.3, 0.4) is 0 Å². The van der Waals surface area contributed by atoms with Gasteiger partial charge in [-0.15, -0.1) is 0 Å². The summed E-state index contributed by atoms with van der Waals surface area (Å²) in [5.74, 6) is 0.337. The summed E-state index contributed by atoms with van der Waals surface area (Å²) in [6.45, 7) is -0.0960. The SMILES string of the molecule is N#CCOc1cccc(Cl)c1C=O. The number of ether oxygens (including phenoxy) is 1. The minimum Gasteiger partial charge on any atom is -0.478 e.